The Bertz CT molecular complexity index is 1230. The maximum absolute atomic E-state index is 13.8. The average Bonchev–Trinajstić information content (AvgIpc) is 2.71. The van der Waals surface area contributed by atoms with Crippen molar-refractivity contribution in [2.75, 3.05) is 10.6 Å². The molecule has 6 nitrogen and oxygen atoms in total. The molecule has 0 unspecified atom stereocenters. The molecule has 0 aromatic heterocycles. The average molecular weight is 464 g/mol. The van der Waals surface area contributed by atoms with E-state index < -0.39 is 41.0 Å². The van der Waals surface area contributed by atoms with Gasteiger partial charge in [-0.2, -0.15) is 13.2 Å². The van der Waals surface area contributed by atoms with Crippen LogP contribution >= 0.6 is 0 Å². The van der Waals surface area contributed by atoms with E-state index in [4.69, 9.17) is 15.9 Å². The van der Waals surface area contributed by atoms with E-state index in [0.717, 1.165) is 30.3 Å². The molecule has 0 bridgehead atoms. The van der Waals surface area contributed by atoms with Crippen molar-refractivity contribution in [3.63, 3.8) is 0 Å². The Balaban J connectivity index is 1.97. The largest absolute Gasteiger partial charge is 0.456 e. The molecular weight excluding hydrogens is 447 g/mol. The number of hydrogen-bond acceptors (Lipinski definition) is 3. The van der Waals surface area contributed by atoms with Crippen molar-refractivity contribution in [1.82, 2.24) is 0 Å². The van der Waals surface area contributed by atoms with E-state index in [0.29, 0.717) is 17.7 Å². The summed E-state index contributed by atoms with van der Waals surface area (Å²) in [5.41, 5.74) is 4.07. The van der Waals surface area contributed by atoms with Gasteiger partial charge in [0.15, 0.2) is 5.96 Å². The number of anilines is 2. The minimum Gasteiger partial charge on any atom is -0.456 e. The normalized spacial score (nSPS) is 11.1. The van der Waals surface area contributed by atoms with Crippen LogP contribution in [0.15, 0.2) is 54.6 Å². The third-order valence-corrected chi connectivity index (χ3v) is 4.40. The van der Waals surface area contributed by atoms with Gasteiger partial charge in [-0.3, -0.25) is 10.2 Å². The van der Waals surface area contributed by atoms with Crippen molar-refractivity contribution in [3.8, 4) is 11.5 Å². The van der Waals surface area contributed by atoms with Crippen LogP contribution in [0.3, 0.4) is 0 Å². The smallest absolute Gasteiger partial charge is 0.416 e. The number of carbonyl (C=O) groups excluding carboxylic acids is 1. The number of guanidine groups is 1. The summed E-state index contributed by atoms with van der Waals surface area (Å²) >= 11 is 0. The molecule has 0 aliphatic carbocycles. The first-order valence-electron chi connectivity index (χ1n) is 9.31. The summed E-state index contributed by atoms with van der Waals surface area (Å²) in [7, 11) is 0. The number of ether oxygens (including phenoxy) is 1. The first-order valence-corrected chi connectivity index (χ1v) is 9.31. The number of rotatable bonds is 5. The Kier molecular flexibility index (Phi) is 6.52. The van der Waals surface area contributed by atoms with Crippen LogP contribution in [0.5, 0.6) is 11.5 Å². The zero-order valence-electron chi connectivity index (χ0n) is 17.0. The van der Waals surface area contributed by atoms with Gasteiger partial charge in [0.1, 0.15) is 23.1 Å². The topological polar surface area (TPSA) is 100 Å². The van der Waals surface area contributed by atoms with Crippen molar-refractivity contribution in [2.24, 2.45) is 5.73 Å². The molecule has 0 saturated carbocycles. The zero-order valence-corrected chi connectivity index (χ0v) is 17.0. The van der Waals surface area contributed by atoms with Crippen LogP contribution in [-0.2, 0) is 6.18 Å². The molecule has 0 aliphatic heterocycles. The van der Waals surface area contributed by atoms with E-state index >= 15 is 0 Å². The van der Waals surface area contributed by atoms with Crippen LogP contribution in [0.25, 0.3) is 0 Å². The fraction of sp³-hybridized carbons (Fsp3) is 0.0909. The molecule has 0 radical (unpaired) electrons. The Labute approximate surface area is 184 Å². The highest BCUT2D eigenvalue weighted by molar-refractivity contribution is 6.06. The van der Waals surface area contributed by atoms with Gasteiger partial charge in [-0.15, -0.1) is 0 Å². The van der Waals surface area contributed by atoms with Gasteiger partial charge in [0, 0.05) is 5.69 Å². The van der Waals surface area contributed by atoms with Gasteiger partial charge in [-0.1, -0.05) is 0 Å². The number of aryl methyl sites for hydroxylation is 1. The molecule has 11 heteroatoms. The van der Waals surface area contributed by atoms with Crippen molar-refractivity contribution < 1.29 is 31.5 Å². The highest BCUT2D eigenvalue weighted by Gasteiger charge is 2.32. The highest BCUT2D eigenvalue weighted by Crippen LogP contribution is 2.36. The fourth-order valence-electron chi connectivity index (χ4n) is 2.86. The molecule has 1 amide bonds. The fourth-order valence-corrected chi connectivity index (χ4v) is 2.86. The minimum absolute atomic E-state index is 0.0551. The molecule has 3 rings (SSSR count). The van der Waals surface area contributed by atoms with Crippen molar-refractivity contribution in [3.05, 3.63) is 82.9 Å². The predicted molar refractivity (Wildman–Crippen MR) is 113 cm³/mol. The number of hydrogen-bond donors (Lipinski definition) is 4. The molecular formula is C22H17F5N4O2. The Morgan fingerprint density at radius 3 is 2.33 bits per heavy atom. The third-order valence-electron chi connectivity index (χ3n) is 4.40. The maximum Gasteiger partial charge on any atom is 0.416 e. The number of alkyl halides is 3. The quantitative estimate of drug-likeness (QED) is 0.223. The number of carbonyl (C=O) groups is 1. The number of halogens is 5. The maximum atomic E-state index is 13.8. The summed E-state index contributed by atoms with van der Waals surface area (Å²) in [4.78, 5) is 12.8. The Morgan fingerprint density at radius 1 is 0.970 bits per heavy atom. The van der Waals surface area contributed by atoms with Crippen molar-refractivity contribution >= 4 is 23.2 Å². The minimum atomic E-state index is -4.70. The van der Waals surface area contributed by atoms with Gasteiger partial charge < -0.3 is 21.1 Å². The van der Waals surface area contributed by atoms with E-state index in [1.54, 1.807) is 0 Å². The molecule has 33 heavy (non-hydrogen) atoms. The lowest BCUT2D eigenvalue weighted by Gasteiger charge is -2.16. The summed E-state index contributed by atoms with van der Waals surface area (Å²) in [5.74, 6) is -3.05. The molecule has 3 aromatic rings. The molecule has 0 spiro atoms. The number of amides is 1. The predicted octanol–water partition coefficient (Wildman–Crippen LogP) is 5.64. The van der Waals surface area contributed by atoms with E-state index in [9.17, 15) is 26.7 Å². The van der Waals surface area contributed by atoms with Gasteiger partial charge >= 0.3 is 6.18 Å². The van der Waals surface area contributed by atoms with Gasteiger partial charge in [-0.05, 0) is 67.1 Å². The number of nitrogens with one attached hydrogen (secondary N) is 3. The van der Waals surface area contributed by atoms with E-state index in [1.807, 2.05) is 0 Å². The summed E-state index contributed by atoms with van der Waals surface area (Å²) in [5, 5.41) is 11.9. The molecule has 0 fully saturated rings. The lowest BCUT2D eigenvalue weighted by atomic mass is 10.1. The third kappa shape index (κ3) is 5.76. The number of nitrogens with two attached hydrogens (primary N) is 1. The Hall–Kier alpha value is -4.15. The molecule has 5 N–H and O–H groups in total. The summed E-state index contributed by atoms with van der Waals surface area (Å²) in [6.07, 6.45) is -4.70. The SMILES string of the molecule is Cc1cc(F)ccc1Oc1cc(C(F)(F)F)ccc1C(=O)Nc1ccc(F)c(NC(=N)N)c1. The van der Waals surface area contributed by atoms with Gasteiger partial charge in [0.2, 0.25) is 0 Å². The monoisotopic (exact) mass is 464 g/mol. The van der Waals surface area contributed by atoms with E-state index in [1.165, 1.54) is 19.1 Å². The molecule has 0 heterocycles. The van der Waals surface area contributed by atoms with Crippen LogP contribution in [0.1, 0.15) is 21.5 Å². The van der Waals surface area contributed by atoms with E-state index in [2.05, 4.69) is 10.6 Å². The van der Waals surface area contributed by atoms with Crippen molar-refractivity contribution in [1.29, 1.82) is 5.41 Å². The van der Waals surface area contributed by atoms with Crippen LogP contribution < -0.4 is 21.1 Å². The van der Waals surface area contributed by atoms with Gasteiger partial charge in [0.05, 0.1) is 16.8 Å². The molecule has 0 saturated heterocycles. The summed E-state index contributed by atoms with van der Waals surface area (Å²) in [6.45, 7) is 1.49. The molecule has 0 atom stereocenters. The lowest BCUT2D eigenvalue weighted by Crippen LogP contribution is -2.21. The van der Waals surface area contributed by atoms with Gasteiger partial charge in [-0.25, -0.2) is 8.78 Å². The van der Waals surface area contributed by atoms with Crippen LogP contribution in [0, 0.1) is 24.0 Å². The van der Waals surface area contributed by atoms with Gasteiger partial charge in [0.25, 0.3) is 5.91 Å². The summed E-state index contributed by atoms with van der Waals surface area (Å²) in [6, 6.07) is 9.11. The van der Waals surface area contributed by atoms with Crippen LogP contribution in [-0.4, -0.2) is 11.9 Å². The number of benzene rings is 3. The van der Waals surface area contributed by atoms with E-state index in [-0.39, 0.29) is 22.7 Å². The summed E-state index contributed by atoms with van der Waals surface area (Å²) < 4.78 is 72.4. The first kappa shape index (κ1) is 23.5. The lowest BCUT2D eigenvalue weighted by molar-refractivity contribution is -0.137. The van der Waals surface area contributed by atoms with Crippen LogP contribution in [0.4, 0.5) is 33.3 Å². The molecule has 0 aliphatic rings. The zero-order chi connectivity index (χ0) is 24.3. The van der Waals surface area contributed by atoms with Crippen molar-refractivity contribution in [2.45, 2.75) is 13.1 Å². The second kappa shape index (κ2) is 9.15. The second-order valence-electron chi connectivity index (χ2n) is 6.91. The Morgan fingerprint density at radius 2 is 1.70 bits per heavy atom. The first-order chi connectivity index (χ1) is 15.4. The molecule has 172 valence electrons. The second-order valence-corrected chi connectivity index (χ2v) is 6.91. The molecule has 3 aromatic carbocycles. The standard InChI is InChI=1S/C22H17F5N4O2/c1-11-8-13(23)3-7-18(11)33-19-9-12(22(25,26)27)2-5-15(19)20(32)30-14-4-6-16(24)17(10-14)31-21(28)29/h2-10H,1H3,(H,30,32)(H4,28,29,31). The highest BCUT2D eigenvalue weighted by atomic mass is 19.4. The van der Waals surface area contributed by atoms with Crippen LogP contribution in [0.2, 0.25) is 0 Å².